The van der Waals surface area contributed by atoms with E-state index in [0.717, 1.165) is 16.8 Å². The van der Waals surface area contributed by atoms with Gasteiger partial charge in [-0.15, -0.1) is 11.8 Å². The van der Waals surface area contributed by atoms with E-state index < -0.39 is 10.8 Å². The standard InChI is InChI=1S/C16H25N3O2S/c1-10-7-6-8-13(11(10)2)19-15(21)14(17)16(4,5)22-9-18-12(3)20/h6-8,14H,9,17H2,1-5H3,(H,18,20)(H,19,21)/t14-/m1/s1. The fourth-order valence-electron chi connectivity index (χ4n) is 1.83. The maximum atomic E-state index is 12.4. The van der Waals surface area contributed by atoms with E-state index in [1.165, 1.54) is 18.7 Å². The zero-order valence-corrected chi connectivity index (χ0v) is 14.6. The molecule has 1 aromatic rings. The summed E-state index contributed by atoms with van der Waals surface area (Å²) >= 11 is 1.44. The number of hydrogen-bond donors (Lipinski definition) is 3. The van der Waals surface area contributed by atoms with E-state index in [2.05, 4.69) is 10.6 Å². The Labute approximate surface area is 136 Å². The minimum absolute atomic E-state index is 0.100. The molecule has 0 spiro atoms. The van der Waals surface area contributed by atoms with Crippen LogP contribution in [0.25, 0.3) is 0 Å². The summed E-state index contributed by atoms with van der Waals surface area (Å²) in [6.07, 6.45) is 0. The number of benzene rings is 1. The molecule has 0 unspecified atom stereocenters. The molecule has 6 heteroatoms. The van der Waals surface area contributed by atoms with Crippen LogP contribution in [0.5, 0.6) is 0 Å². The van der Waals surface area contributed by atoms with Crippen LogP contribution in [0.3, 0.4) is 0 Å². The van der Waals surface area contributed by atoms with E-state index >= 15 is 0 Å². The van der Waals surface area contributed by atoms with Gasteiger partial charge in [-0.25, -0.2) is 0 Å². The van der Waals surface area contributed by atoms with Crippen LogP contribution >= 0.6 is 11.8 Å². The number of rotatable bonds is 6. The number of carbonyl (C=O) groups excluding carboxylic acids is 2. The van der Waals surface area contributed by atoms with Gasteiger partial charge in [-0.2, -0.15) is 0 Å². The molecule has 0 fully saturated rings. The molecule has 0 saturated carbocycles. The second-order valence-corrected chi connectivity index (χ2v) is 7.47. The summed E-state index contributed by atoms with van der Waals surface area (Å²) < 4.78 is -0.496. The van der Waals surface area contributed by atoms with Gasteiger partial charge in [-0.1, -0.05) is 12.1 Å². The number of nitrogens with one attached hydrogen (secondary N) is 2. The molecule has 0 aromatic heterocycles. The third-order valence-corrected chi connectivity index (χ3v) is 4.95. The van der Waals surface area contributed by atoms with Gasteiger partial charge in [0.15, 0.2) is 0 Å². The van der Waals surface area contributed by atoms with Gasteiger partial charge in [0.05, 0.1) is 11.9 Å². The molecule has 5 nitrogen and oxygen atoms in total. The summed E-state index contributed by atoms with van der Waals surface area (Å²) in [5, 5.41) is 5.59. The summed E-state index contributed by atoms with van der Waals surface area (Å²) in [6.45, 7) is 9.21. The van der Waals surface area contributed by atoms with Crippen LogP contribution in [-0.4, -0.2) is 28.5 Å². The second kappa shape index (κ2) is 7.65. The molecule has 0 radical (unpaired) electrons. The number of aryl methyl sites for hydroxylation is 1. The van der Waals surface area contributed by atoms with Gasteiger partial charge in [-0.05, 0) is 44.9 Å². The van der Waals surface area contributed by atoms with Crippen molar-refractivity contribution in [3.05, 3.63) is 29.3 Å². The zero-order valence-electron chi connectivity index (χ0n) is 13.8. The van der Waals surface area contributed by atoms with Crippen molar-refractivity contribution in [2.75, 3.05) is 11.2 Å². The van der Waals surface area contributed by atoms with Crippen LogP contribution < -0.4 is 16.4 Å². The SMILES string of the molecule is CC(=O)NCSC(C)(C)[C@H](N)C(=O)Nc1cccc(C)c1C. The van der Waals surface area contributed by atoms with Crippen LogP contribution in [0.2, 0.25) is 0 Å². The number of carbonyl (C=O) groups is 2. The van der Waals surface area contributed by atoms with E-state index in [-0.39, 0.29) is 11.8 Å². The number of thioether (sulfide) groups is 1. The van der Waals surface area contributed by atoms with Gasteiger partial charge >= 0.3 is 0 Å². The monoisotopic (exact) mass is 323 g/mol. The van der Waals surface area contributed by atoms with Gasteiger partial charge in [-0.3, -0.25) is 9.59 Å². The van der Waals surface area contributed by atoms with Crippen molar-refractivity contribution < 1.29 is 9.59 Å². The highest BCUT2D eigenvalue weighted by Crippen LogP contribution is 2.27. The molecule has 0 saturated heterocycles. The molecule has 0 aliphatic heterocycles. The summed E-state index contributed by atoms with van der Waals surface area (Å²) in [5.74, 6) is 0.0954. The summed E-state index contributed by atoms with van der Waals surface area (Å²) in [5.41, 5.74) is 9.03. The summed E-state index contributed by atoms with van der Waals surface area (Å²) in [4.78, 5) is 23.3. The molecule has 1 atom stereocenters. The molecule has 0 aliphatic carbocycles. The Balaban J connectivity index is 2.71. The smallest absolute Gasteiger partial charge is 0.242 e. The average Bonchev–Trinajstić information content (AvgIpc) is 2.42. The largest absolute Gasteiger partial charge is 0.347 e. The molecule has 4 N–H and O–H groups in total. The van der Waals surface area contributed by atoms with Gasteiger partial charge in [0, 0.05) is 17.4 Å². The minimum Gasteiger partial charge on any atom is -0.347 e. The van der Waals surface area contributed by atoms with Gasteiger partial charge < -0.3 is 16.4 Å². The van der Waals surface area contributed by atoms with Crippen LogP contribution in [0.4, 0.5) is 5.69 Å². The van der Waals surface area contributed by atoms with Gasteiger partial charge in [0.25, 0.3) is 0 Å². The Morgan fingerprint density at radius 2 is 1.95 bits per heavy atom. The third kappa shape index (κ3) is 5.03. The Morgan fingerprint density at radius 1 is 1.32 bits per heavy atom. The molecule has 1 rings (SSSR count). The van der Waals surface area contributed by atoms with Crippen molar-refractivity contribution in [3.8, 4) is 0 Å². The lowest BCUT2D eigenvalue weighted by Gasteiger charge is -2.30. The molecule has 22 heavy (non-hydrogen) atoms. The first-order chi connectivity index (χ1) is 10.1. The van der Waals surface area contributed by atoms with E-state index in [1.54, 1.807) is 0 Å². The Hall–Kier alpha value is -1.53. The molecule has 2 amide bonds. The van der Waals surface area contributed by atoms with Gasteiger partial charge in [0.2, 0.25) is 11.8 Å². The fraction of sp³-hybridized carbons (Fsp3) is 0.500. The summed E-state index contributed by atoms with van der Waals surface area (Å²) in [7, 11) is 0. The molecule has 0 aliphatic rings. The Morgan fingerprint density at radius 3 is 2.55 bits per heavy atom. The molecule has 122 valence electrons. The average molecular weight is 323 g/mol. The maximum Gasteiger partial charge on any atom is 0.242 e. The van der Waals surface area contributed by atoms with E-state index in [4.69, 9.17) is 5.73 Å². The van der Waals surface area contributed by atoms with E-state index in [9.17, 15) is 9.59 Å². The lowest BCUT2D eigenvalue weighted by molar-refractivity contribution is -0.119. The van der Waals surface area contributed by atoms with Crippen molar-refractivity contribution in [1.82, 2.24) is 5.32 Å². The van der Waals surface area contributed by atoms with E-state index in [0.29, 0.717) is 5.88 Å². The first-order valence-electron chi connectivity index (χ1n) is 7.16. The predicted octanol–water partition coefficient (Wildman–Crippen LogP) is 2.17. The molecule has 1 aromatic carbocycles. The van der Waals surface area contributed by atoms with Crippen LogP contribution in [-0.2, 0) is 9.59 Å². The van der Waals surface area contributed by atoms with Crippen molar-refractivity contribution in [1.29, 1.82) is 0 Å². The van der Waals surface area contributed by atoms with E-state index in [1.807, 2.05) is 45.9 Å². The first-order valence-corrected chi connectivity index (χ1v) is 8.14. The van der Waals surface area contributed by atoms with Crippen molar-refractivity contribution in [3.63, 3.8) is 0 Å². The van der Waals surface area contributed by atoms with Crippen LogP contribution in [0.1, 0.15) is 31.9 Å². The van der Waals surface area contributed by atoms with Crippen molar-refractivity contribution in [2.24, 2.45) is 5.73 Å². The third-order valence-electron chi connectivity index (χ3n) is 3.66. The lowest BCUT2D eigenvalue weighted by atomic mass is 10.0. The Bertz CT molecular complexity index is 558. The number of amides is 2. The quantitative estimate of drug-likeness (QED) is 0.701. The molecular formula is C16H25N3O2S. The number of nitrogens with two attached hydrogens (primary N) is 1. The van der Waals surface area contributed by atoms with Crippen LogP contribution in [0, 0.1) is 13.8 Å². The number of anilines is 1. The molecular weight excluding hydrogens is 298 g/mol. The van der Waals surface area contributed by atoms with Crippen LogP contribution in [0.15, 0.2) is 18.2 Å². The summed E-state index contributed by atoms with van der Waals surface area (Å²) in [6, 6.07) is 5.08. The zero-order chi connectivity index (χ0) is 16.9. The topological polar surface area (TPSA) is 84.2 Å². The maximum absolute atomic E-state index is 12.4. The highest BCUT2D eigenvalue weighted by Gasteiger charge is 2.32. The highest BCUT2D eigenvalue weighted by molar-refractivity contribution is 8.00. The fourth-order valence-corrected chi connectivity index (χ4v) is 2.76. The van der Waals surface area contributed by atoms with Crippen molar-refractivity contribution >= 4 is 29.3 Å². The minimum atomic E-state index is -0.689. The highest BCUT2D eigenvalue weighted by atomic mass is 32.2. The van der Waals surface area contributed by atoms with Gasteiger partial charge in [0.1, 0.15) is 0 Å². The second-order valence-electron chi connectivity index (χ2n) is 5.84. The molecule has 0 heterocycles. The first kappa shape index (κ1) is 18.5. The Kier molecular flexibility index (Phi) is 6.44. The normalized spacial score (nSPS) is 12.6. The number of hydrogen-bond acceptors (Lipinski definition) is 4. The lowest BCUT2D eigenvalue weighted by Crippen LogP contribution is -2.50. The van der Waals surface area contributed by atoms with Crippen molar-refractivity contribution in [2.45, 2.75) is 45.4 Å². The predicted molar refractivity (Wildman–Crippen MR) is 92.9 cm³/mol. The molecule has 0 bridgehead atoms.